The predicted octanol–water partition coefficient (Wildman–Crippen LogP) is 1.71. The molecule has 1 aliphatic heterocycles. The summed E-state index contributed by atoms with van der Waals surface area (Å²) >= 11 is 0. The molecule has 2 fully saturated rings. The average molecular weight is 236 g/mol. The Labute approximate surface area is 103 Å². The molecule has 0 unspecified atom stereocenters. The fourth-order valence-electron chi connectivity index (χ4n) is 2.65. The van der Waals surface area contributed by atoms with Crippen molar-refractivity contribution in [1.29, 1.82) is 5.26 Å². The summed E-state index contributed by atoms with van der Waals surface area (Å²) in [5, 5.41) is 9.27. The zero-order chi connectivity index (χ0) is 12.3. The predicted molar refractivity (Wildman–Crippen MR) is 63.1 cm³/mol. The molecule has 2 rings (SSSR count). The second kappa shape index (κ2) is 5.05. The van der Waals surface area contributed by atoms with E-state index in [1.165, 1.54) is 0 Å². The molecule has 0 radical (unpaired) electrons. The van der Waals surface area contributed by atoms with Crippen LogP contribution in [0.5, 0.6) is 0 Å². The van der Waals surface area contributed by atoms with Gasteiger partial charge in [0.1, 0.15) is 6.07 Å². The Morgan fingerprint density at radius 2 is 1.94 bits per heavy atom. The fourth-order valence-corrected chi connectivity index (χ4v) is 2.65. The van der Waals surface area contributed by atoms with Crippen molar-refractivity contribution < 1.29 is 9.53 Å². The zero-order valence-corrected chi connectivity index (χ0v) is 10.4. The van der Waals surface area contributed by atoms with Crippen molar-refractivity contribution in [3.8, 4) is 6.07 Å². The van der Waals surface area contributed by atoms with E-state index in [4.69, 9.17) is 4.74 Å². The molecule has 0 aromatic heterocycles. The molecule has 1 saturated heterocycles. The summed E-state index contributed by atoms with van der Waals surface area (Å²) in [5.74, 6) is -0.103. The molecule has 4 heteroatoms. The molecule has 0 N–H and O–H groups in total. The maximum absolute atomic E-state index is 12.0. The van der Waals surface area contributed by atoms with E-state index in [2.05, 4.69) is 11.0 Å². The van der Waals surface area contributed by atoms with E-state index in [0.29, 0.717) is 12.8 Å². The number of rotatable bonds is 2. The Kier molecular flexibility index (Phi) is 3.68. The third-order valence-corrected chi connectivity index (χ3v) is 3.98. The summed E-state index contributed by atoms with van der Waals surface area (Å²) in [6.07, 6.45) is 5.36. The van der Waals surface area contributed by atoms with Gasteiger partial charge < -0.3 is 9.64 Å². The first kappa shape index (κ1) is 12.4. The highest BCUT2D eigenvalue weighted by Gasteiger charge is 2.39. The molecule has 1 heterocycles. The minimum Gasteiger partial charge on any atom is -0.443 e. The molecule has 0 aromatic rings. The van der Waals surface area contributed by atoms with E-state index in [0.717, 1.165) is 38.8 Å². The minimum absolute atomic E-state index is 0.0416. The van der Waals surface area contributed by atoms with E-state index >= 15 is 0 Å². The molecule has 94 valence electrons. The van der Waals surface area contributed by atoms with Crippen molar-refractivity contribution in [3.05, 3.63) is 0 Å². The Bertz CT molecular complexity index is 321. The van der Waals surface area contributed by atoms with Crippen molar-refractivity contribution in [3.63, 3.8) is 0 Å². The van der Waals surface area contributed by atoms with Gasteiger partial charge in [0.05, 0.1) is 5.92 Å². The molecule has 17 heavy (non-hydrogen) atoms. The Morgan fingerprint density at radius 1 is 1.35 bits per heavy atom. The van der Waals surface area contributed by atoms with Crippen LogP contribution in [0.2, 0.25) is 0 Å². The number of esters is 1. The van der Waals surface area contributed by atoms with Gasteiger partial charge in [0.2, 0.25) is 0 Å². The molecule has 1 saturated carbocycles. The van der Waals surface area contributed by atoms with Gasteiger partial charge in [-0.1, -0.05) is 12.8 Å². The third kappa shape index (κ3) is 2.78. The van der Waals surface area contributed by atoms with E-state index < -0.39 is 5.60 Å². The lowest BCUT2D eigenvalue weighted by atomic mass is 9.92. The lowest BCUT2D eigenvalue weighted by Crippen LogP contribution is -2.45. The van der Waals surface area contributed by atoms with Gasteiger partial charge in [-0.3, -0.25) is 4.79 Å². The molecule has 0 amide bonds. The van der Waals surface area contributed by atoms with Crippen LogP contribution in [0.3, 0.4) is 0 Å². The van der Waals surface area contributed by atoms with Crippen LogP contribution >= 0.6 is 0 Å². The first-order valence-electron chi connectivity index (χ1n) is 6.48. The summed E-state index contributed by atoms with van der Waals surface area (Å²) < 4.78 is 5.53. The molecule has 0 atom stereocenters. The summed E-state index contributed by atoms with van der Waals surface area (Å²) in [6, 6.07) is 2.22. The Hall–Kier alpha value is -1.08. The number of likely N-dealkylation sites (tertiary alicyclic amines) is 1. The second-order valence-electron chi connectivity index (χ2n) is 5.31. The summed E-state index contributed by atoms with van der Waals surface area (Å²) in [5.41, 5.74) is -0.855. The smallest absolute Gasteiger partial charge is 0.310 e. The van der Waals surface area contributed by atoms with Crippen LogP contribution < -0.4 is 0 Å². The fraction of sp³-hybridized carbons (Fsp3) is 0.846. The van der Waals surface area contributed by atoms with Crippen LogP contribution in [0.15, 0.2) is 0 Å². The van der Waals surface area contributed by atoms with E-state index in [1.54, 1.807) is 0 Å². The van der Waals surface area contributed by atoms with Gasteiger partial charge in [0, 0.05) is 25.9 Å². The summed E-state index contributed by atoms with van der Waals surface area (Å²) in [6.45, 7) is 1.65. The second-order valence-corrected chi connectivity index (χ2v) is 5.31. The van der Waals surface area contributed by atoms with Crippen LogP contribution in [-0.2, 0) is 9.53 Å². The molecular formula is C13H20N2O2. The average Bonchev–Trinajstić information content (AvgIpc) is 2.86. The van der Waals surface area contributed by atoms with Crippen LogP contribution in [-0.4, -0.2) is 36.6 Å². The van der Waals surface area contributed by atoms with Gasteiger partial charge >= 0.3 is 5.97 Å². The maximum atomic E-state index is 12.0. The molecular weight excluding hydrogens is 216 g/mol. The van der Waals surface area contributed by atoms with Gasteiger partial charge in [-0.15, -0.1) is 0 Å². The maximum Gasteiger partial charge on any atom is 0.310 e. The van der Waals surface area contributed by atoms with Crippen molar-refractivity contribution in [2.45, 2.75) is 44.1 Å². The molecule has 2 aliphatic rings. The SMILES string of the molecule is CN1CCC(C#N)(OC(=O)C2CCCC2)CC1. The van der Waals surface area contributed by atoms with Gasteiger partial charge in [-0.2, -0.15) is 5.26 Å². The number of nitrogens with zero attached hydrogens (tertiary/aromatic N) is 2. The number of piperidine rings is 1. The van der Waals surface area contributed by atoms with Gasteiger partial charge in [0.25, 0.3) is 0 Å². The molecule has 0 spiro atoms. The summed E-state index contributed by atoms with van der Waals surface area (Å²) in [4.78, 5) is 14.1. The lowest BCUT2D eigenvalue weighted by molar-refractivity contribution is -0.162. The van der Waals surface area contributed by atoms with Crippen molar-refractivity contribution in [2.75, 3.05) is 20.1 Å². The zero-order valence-electron chi connectivity index (χ0n) is 10.4. The van der Waals surface area contributed by atoms with E-state index in [1.807, 2.05) is 7.05 Å². The van der Waals surface area contributed by atoms with E-state index in [-0.39, 0.29) is 11.9 Å². The quantitative estimate of drug-likeness (QED) is 0.685. The lowest BCUT2D eigenvalue weighted by Gasteiger charge is -2.35. The highest BCUT2D eigenvalue weighted by Crippen LogP contribution is 2.31. The highest BCUT2D eigenvalue weighted by molar-refractivity contribution is 5.73. The van der Waals surface area contributed by atoms with Gasteiger partial charge in [-0.25, -0.2) is 0 Å². The van der Waals surface area contributed by atoms with Gasteiger partial charge in [-0.05, 0) is 19.9 Å². The number of hydrogen-bond acceptors (Lipinski definition) is 4. The van der Waals surface area contributed by atoms with Crippen molar-refractivity contribution in [2.24, 2.45) is 5.92 Å². The van der Waals surface area contributed by atoms with Crippen LogP contribution in [0.4, 0.5) is 0 Å². The topological polar surface area (TPSA) is 53.3 Å². The van der Waals surface area contributed by atoms with Crippen LogP contribution in [0, 0.1) is 17.2 Å². The van der Waals surface area contributed by atoms with Crippen molar-refractivity contribution in [1.82, 2.24) is 4.90 Å². The minimum atomic E-state index is -0.855. The van der Waals surface area contributed by atoms with Crippen LogP contribution in [0.25, 0.3) is 0 Å². The van der Waals surface area contributed by atoms with Crippen molar-refractivity contribution >= 4 is 5.97 Å². The monoisotopic (exact) mass is 236 g/mol. The third-order valence-electron chi connectivity index (χ3n) is 3.98. The number of carbonyl (C=O) groups excluding carboxylic acids is 1. The molecule has 1 aliphatic carbocycles. The number of nitriles is 1. The normalized spacial score (nSPS) is 25.4. The Morgan fingerprint density at radius 3 is 2.47 bits per heavy atom. The van der Waals surface area contributed by atoms with Gasteiger partial charge in [0.15, 0.2) is 5.60 Å². The standard InChI is InChI=1S/C13H20N2O2/c1-15-8-6-13(10-14,7-9-15)17-12(16)11-4-2-3-5-11/h11H,2-9H2,1H3. The van der Waals surface area contributed by atoms with Crippen LogP contribution in [0.1, 0.15) is 38.5 Å². The first-order chi connectivity index (χ1) is 8.15. The molecule has 4 nitrogen and oxygen atoms in total. The largest absolute Gasteiger partial charge is 0.443 e. The van der Waals surface area contributed by atoms with E-state index in [9.17, 15) is 10.1 Å². The first-order valence-corrected chi connectivity index (χ1v) is 6.48. The summed E-state index contributed by atoms with van der Waals surface area (Å²) in [7, 11) is 2.03. The number of ether oxygens (including phenoxy) is 1. The number of hydrogen-bond donors (Lipinski definition) is 0. The molecule has 0 aromatic carbocycles. The Balaban J connectivity index is 1.95. The molecule has 0 bridgehead atoms. The number of carbonyl (C=O) groups is 1. The highest BCUT2D eigenvalue weighted by atomic mass is 16.6.